The van der Waals surface area contributed by atoms with Crippen molar-refractivity contribution in [1.29, 1.82) is 0 Å². The number of Topliss-reactive ketones (excluding diaryl/α,β-unsaturated/α-hetero) is 1. The molecule has 3 aromatic rings. The van der Waals surface area contributed by atoms with Gasteiger partial charge in [0.2, 0.25) is 0 Å². The number of ketones is 1. The molecule has 1 aliphatic rings. The van der Waals surface area contributed by atoms with E-state index in [2.05, 4.69) is 0 Å². The average molecular weight is 437 g/mol. The Morgan fingerprint density at radius 2 is 1.71 bits per heavy atom. The maximum Gasteiger partial charge on any atom is 0.287 e. The Balaban J connectivity index is 1.63. The summed E-state index contributed by atoms with van der Waals surface area (Å²) in [4.78, 5) is 27.1. The van der Waals surface area contributed by atoms with Crippen molar-refractivity contribution in [3.63, 3.8) is 0 Å². The third-order valence-electron chi connectivity index (χ3n) is 5.27. The van der Waals surface area contributed by atoms with Crippen LogP contribution in [0.1, 0.15) is 34.8 Å². The van der Waals surface area contributed by atoms with Crippen LogP contribution in [0.3, 0.4) is 0 Å². The number of carbonyl (C=O) groups excluding carboxylic acids is 2. The molecule has 1 saturated heterocycles. The molecule has 0 unspecified atom stereocenters. The molecule has 2 N–H and O–H groups in total. The van der Waals surface area contributed by atoms with Gasteiger partial charge in [0.1, 0.15) is 17.3 Å². The van der Waals surface area contributed by atoms with E-state index in [-0.39, 0.29) is 34.2 Å². The summed E-state index contributed by atoms with van der Waals surface area (Å²) in [5, 5.41) is 19.7. The molecule has 7 heteroatoms. The lowest BCUT2D eigenvalue weighted by molar-refractivity contribution is 0.0979. The van der Waals surface area contributed by atoms with Crippen LogP contribution in [0.5, 0.6) is 11.5 Å². The predicted molar refractivity (Wildman–Crippen MR) is 118 cm³/mol. The molecule has 2 atom stereocenters. The van der Waals surface area contributed by atoms with Crippen LogP contribution in [-0.4, -0.2) is 26.5 Å². The lowest BCUT2D eigenvalue weighted by atomic mass is 9.95. The van der Waals surface area contributed by atoms with Gasteiger partial charge >= 0.3 is 0 Å². The number of benzene rings is 3. The van der Waals surface area contributed by atoms with Crippen molar-refractivity contribution in [3.8, 4) is 11.5 Å². The van der Waals surface area contributed by atoms with E-state index in [1.165, 1.54) is 36.4 Å². The summed E-state index contributed by atoms with van der Waals surface area (Å²) in [5.74, 6) is -0.738. The van der Waals surface area contributed by atoms with Gasteiger partial charge in [-0.2, -0.15) is 0 Å². The van der Waals surface area contributed by atoms with Gasteiger partial charge in [0.15, 0.2) is 5.78 Å². The summed E-state index contributed by atoms with van der Waals surface area (Å²) in [5.41, 5.74) is 1.60. The van der Waals surface area contributed by atoms with Crippen molar-refractivity contribution in [2.75, 3.05) is 4.90 Å². The van der Waals surface area contributed by atoms with E-state index < -0.39 is 11.9 Å². The van der Waals surface area contributed by atoms with Gasteiger partial charge in [-0.3, -0.25) is 14.5 Å². The molecule has 1 amide bonds. The van der Waals surface area contributed by atoms with Crippen molar-refractivity contribution in [1.82, 2.24) is 0 Å². The average Bonchev–Trinajstić information content (AvgIpc) is 3.09. The highest BCUT2D eigenvalue weighted by atomic mass is 32.2. The molecule has 0 spiro atoms. The summed E-state index contributed by atoms with van der Waals surface area (Å²) in [6, 6.07) is 18.3. The van der Waals surface area contributed by atoms with Crippen LogP contribution < -0.4 is 4.90 Å². The fraction of sp³-hybridized carbons (Fsp3) is 0.167. The summed E-state index contributed by atoms with van der Waals surface area (Å²) in [7, 11) is 0. The van der Waals surface area contributed by atoms with Crippen LogP contribution in [0.25, 0.3) is 0 Å². The Morgan fingerprint density at radius 3 is 2.39 bits per heavy atom. The number of hydrogen-bond donors (Lipinski definition) is 2. The first-order valence-corrected chi connectivity index (χ1v) is 10.7. The largest absolute Gasteiger partial charge is 0.508 e. The Kier molecular flexibility index (Phi) is 5.95. The van der Waals surface area contributed by atoms with Crippen molar-refractivity contribution < 1.29 is 24.2 Å². The molecule has 31 heavy (non-hydrogen) atoms. The molecule has 1 aliphatic heterocycles. The number of halogens is 1. The molecular formula is C24H20FNO4S. The zero-order chi connectivity index (χ0) is 22.0. The molecule has 4 rings (SSSR count). The number of carbonyl (C=O) groups is 2. The highest BCUT2D eigenvalue weighted by Gasteiger charge is 2.43. The third-order valence-corrected chi connectivity index (χ3v) is 6.46. The first-order valence-electron chi connectivity index (χ1n) is 9.79. The van der Waals surface area contributed by atoms with E-state index in [0.717, 1.165) is 11.8 Å². The smallest absolute Gasteiger partial charge is 0.287 e. The Morgan fingerprint density at radius 1 is 1.00 bits per heavy atom. The first kappa shape index (κ1) is 20.9. The fourth-order valence-electron chi connectivity index (χ4n) is 3.78. The van der Waals surface area contributed by atoms with Gasteiger partial charge in [0.25, 0.3) is 5.24 Å². The van der Waals surface area contributed by atoms with Crippen molar-refractivity contribution in [3.05, 3.63) is 89.7 Å². The van der Waals surface area contributed by atoms with E-state index in [1.807, 2.05) is 30.3 Å². The van der Waals surface area contributed by atoms with Crippen molar-refractivity contribution >= 4 is 28.5 Å². The van der Waals surface area contributed by atoms with Crippen LogP contribution in [0.15, 0.2) is 72.8 Å². The van der Waals surface area contributed by atoms with Crippen LogP contribution >= 0.6 is 11.8 Å². The lowest BCUT2D eigenvalue weighted by Crippen LogP contribution is -2.29. The summed E-state index contributed by atoms with van der Waals surface area (Å²) < 4.78 is 13.1. The summed E-state index contributed by atoms with van der Waals surface area (Å²) in [6.45, 7) is 0. The second-order valence-electron chi connectivity index (χ2n) is 7.28. The number of rotatable bonds is 6. The number of para-hydroxylation sites is 1. The van der Waals surface area contributed by atoms with Gasteiger partial charge in [-0.1, -0.05) is 30.0 Å². The molecule has 0 aliphatic carbocycles. The topological polar surface area (TPSA) is 77.8 Å². The molecule has 1 fully saturated rings. The van der Waals surface area contributed by atoms with Crippen molar-refractivity contribution in [2.24, 2.45) is 0 Å². The van der Waals surface area contributed by atoms with Crippen molar-refractivity contribution in [2.45, 2.75) is 24.1 Å². The minimum absolute atomic E-state index is 0.0764. The highest BCUT2D eigenvalue weighted by molar-refractivity contribution is 8.14. The lowest BCUT2D eigenvalue weighted by Gasteiger charge is -2.28. The monoisotopic (exact) mass is 437 g/mol. The molecular weight excluding hydrogens is 417 g/mol. The maximum absolute atomic E-state index is 13.1. The van der Waals surface area contributed by atoms with Gasteiger partial charge < -0.3 is 10.2 Å². The number of hydrogen-bond acceptors (Lipinski definition) is 5. The zero-order valence-electron chi connectivity index (χ0n) is 16.4. The van der Waals surface area contributed by atoms with E-state index in [4.69, 9.17) is 0 Å². The molecule has 0 radical (unpaired) electrons. The van der Waals surface area contributed by atoms with E-state index >= 15 is 0 Å². The second kappa shape index (κ2) is 8.81. The van der Waals surface area contributed by atoms with Gasteiger partial charge in [0.05, 0.1) is 6.04 Å². The molecule has 3 aromatic carbocycles. The molecule has 1 heterocycles. The Hall–Kier alpha value is -3.32. The minimum atomic E-state index is -0.512. The van der Waals surface area contributed by atoms with Gasteiger partial charge in [-0.15, -0.1) is 0 Å². The van der Waals surface area contributed by atoms with Gasteiger partial charge in [0, 0.05) is 34.6 Å². The Bertz CT molecular complexity index is 1100. The van der Waals surface area contributed by atoms with E-state index in [1.54, 1.807) is 11.0 Å². The first-order chi connectivity index (χ1) is 14.9. The summed E-state index contributed by atoms with van der Waals surface area (Å²) in [6.07, 6.45) is 0.565. The Labute approximate surface area is 183 Å². The third kappa shape index (κ3) is 4.41. The van der Waals surface area contributed by atoms with E-state index in [9.17, 15) is 24.2 Å². The highest BCUT2D eigenvalue weighted by Crippen LogP contribution is 2.48. The number of anilines is 1. The SMILES string of the molecule is O=C(CC[C@H]1SC(=O)N(c2ccccc2)[C@@H]1c1ccc(O)cc1O)c1ccc(F)cc1. The van der Waals surface area contributed by atoms with Crippen LogP contribution in [0.4, 0.5) is 14.9 Å². The molecule has 0 aromatic heterocycles. The molecule has 158 valence electrons. The number of phenols is 2. The summed E-state index contributed by atoms with van der Waals surface area (Å²) >= 11 is 1.13. The number of aromatic hydroxyl groups is 2. The predicted octanol–water partition coefficient (Wildman–Crippen LogP) is 5.68. The van der Waals surface area contributed by atoms with Gasteiger partial charge in [-0.05, 0) is 55.0 Å². The number of phenolic OH excluding ortho intramolecular Hbond substituents is 2. The number of amides is 1. The molecule has 0 saturated carbocycles. The van der Waals surface area contributed by atoms with E-state index in [0.29, 0.717) is 23.2 Å². The standard InChI is InChI=1S/C24H20FNO4S/c25-16-8-6-15(7-9-16)20(28)12-13-22-23(19-11-10-18(27)14-21(19)29)26(24(30)31-22)17-4-2-1-3-5-17/h1-11,14,22-23,27,29H,12-13H2/t22-,23-/m1/s1. The van der Waals surface area contributed by atoms with Crippen LogP contribution in [0, 0.1) is 5.82 Å². The quantitative estimate of drug-likeness (QED) is 0.485. The maximum atomic E-state index is 13.1. The van der Waals surface area contributed by atoms with Crippen LogP contribution in [-0.2, 0) is 0 Å². The number of nitrogens with zero attached hydrogens (tertiary/aromatic N) is 1. The normalized spacial score (nSPS) is 18.4. The second-order valence-corrected chi connectivity index (χ2v) is 8.47. The zero-order valence-corrected chi connectivity index (χ0v) is 17.3. The van der Waals surface area contributed by atoms with Crippen LogP contribution in [0.2, 0.25) is 0 Å². The fourth-order valence-corrected chi connectivity index (χ4v) is 5.00. The number of thioether (sulfide) groups is 1. The minimum Gasteiger partial charge on any atom is -0.508 e. The molecule has 5 nitrogen and oxygen atoms in total. The van der Waals surface area contributed by atoms with Gasteiger partial charge in [-0.25, -0.2) is 4.39 Å². The molecule has 0 bridgehead atoms.